The van der Waals surface area contributed by atoms with Crippen LogP contribution in [0.3, 0.4) is 0 Å². The second kappa shape index (κ2) is 42.0. The Morgan fingerprint density at radius 2 is 0.875 bits per heavy atom. The monoisotopic (exact) mass is 933 g/mol. The Balaban J connectivity index is 2.28. The van der Waals surface area contributed by atoms with E-state index in [-0.39, 0.29) is 13.0 Å². The summed E-state index contributed by atoms with van der Waals surface area (Å²) in [4.78, 5) is 23.2. The first-order chi connectivity index (χ1) is 31.0. The van der Waals surface area contributed by atoms with E-state index >= 15 is 0 Å². The molecular formula is C51H97O12P. The minimum absolute atomic E-state index is 0.0731. The lowest BCUT2D eigenvalue weighted by Gasteiger charge is -2.41. The molecule has 12 nitrogen and oxygen atoms in total. The summed E-state index contributed by atoms with van der Waals surface area (Å²) in [7, 11) is -5.02. The van der Waals surface area contributed by atoms with E-state index in [9.17, 15) is 39.8 Å². The molecule has 0 saturated heterocycles. The van der Waals surface area contributed by atoms with E-state index < -0.39 is 63.1 Å². The number of hydrogen-bond donors (Lipinski definition) is 6. The molecule has 0 aromatic rings. The zero-order valence-electron chi connectivity index (χ0n) is 40.6. The number of aliphatic hydroxyl groups is 5. The van der Waals surface area contributed by atoms with Crippen LogP contribution in [0.15, 0.2) is 24.3 Å². The van der Waals surface area contributed by atoms with E-state index in [1.54, 1.807) is 0 Å². The Hall–Kier alpha value is -1.18. The van der Waals surface area contributed by atoms with Crippen molar-refractivity contribution in [3.63, 3.8) is 0 Å². The maximum Gasteiger partial charge on any atom is 0.472 e. The molecule has 0 aromatic carbocycles. The Morgan fingerprint density at radius 3 is 1.31 bits per heavy atom. The van der Waals surface area contributed by atoms with Crippen molar-refractivity contribution in [1.82, 2.24) is 0 Å². The molecule has 1 fully saturated rings. The summed E-state index contributed by atoms with van der Waals surface area (Å²) >= 11 is 0. The molecule has 378 valence electrons. The van der Waals surface area contributed by atoms with E-state index in [0.717, 1.165) is 44.9 Å². The van der Waals surface area contributed by atoms with Crippen molar-refractivity contribution in [2.75, 3.05) is 19.8 Å². The molecule has 0 spiro atoms. The van der Waals surface area contributed by atoms with Crippen LogP contribution in [-0.4, -0.2) is 98.9 Å². The molecule has 0 amide bonds. The SMILES string of the molecule is CCCCCCC/C=C\C/C=C\CCCCCCCCCCCCCCOCC(COP(=O)(O)OC1C(O)C(O)C(O)C(O)C1O)OC(=O)CCCCCCCCCCCCCCC. The fourth-order valence-electron chi connectivity index (χ4n) is 8.15. The summed E-state index contributed by atoms with van der Waals surface area (Å²) in [6.07, 6.45) is 36.8. The quantitative estimate of drug-likeness (QED) is 0.0147. The zero-order chi connectivity index (χ0) is 46.9. The van der Waals surface area contributed by atoms with E-state index in [1.807, 2.05) is 0 Å². The van der Waals surface area contributed by atoms with Crippen LogP contribution in [0.5, 0.6) is 0 Å². The van der Waals surface area contributed by atoms with Crippen molar-refractivity contribution in [3.8, 4) is 0 Å². The maximum absolute atomic E-state index is 12.8. The molecule has 0 aromatic heterocycles. The maximum atomic E-state index is 12.8. The van der Waals surface area contributed by atoms with Gasteiger partial charge in [-0.15, -0.1) is 0 Å². The summed E-state index contributed by atoms with van der Waals surface area (Å²) in [5.41, 5.74) is 0. The van der Waals surface area contributed by atoms with Crippen LogP contribution in [-0.2, 0) is 27.9 Å². The van der Waals surface area contributed by atoms with Gasteiger partial charge in [-0.1, -0.05) is 205 Å². The number of phosphoric ester groups is 1. The summed E-state index contributed by atoms with van der Waals surface area (Å²) in [6, 6.07) is 0. The highest BCUT2D eigenvalue weighted by atomic mass is 31.2. The molecule has 6 N–H and O–H groups in total. The van der Waals surface area contributed by atoms with Gasteiger partial charge in [-0.2, -0.15) is 0 Å². The molecule has 1 saturated carbocycles. The van der Waals surface area contributed by atoms with Crippen molar-refractivity contribution in [1.29, 1.82) is 0 Å². The molecule has 6 atom stereocenters. The minimum atomic E-state index is -5.02. The number of ether oxygens (including phenoxy) is 2. The predicted molar refractivity (Wildman–Crippen MR) is 258 cm³/mol. The first-order valence-corrected chi connectivity index (χ1v) is 27.7. The van der Waals surface area contributed by atoms with Gasteiger partial charge in [0.15, 0.2) is 0 Å². The van der Waals surface area contributed by atoms with Crippen molar-refractivity contribution < 1.29 is 58.3 Å². The van der Waals surface area contributed by atoms with E-state index in [1.165, 1.54) is 161 Å². The zero-order valence-corrected chi connectivity index (χ0v) is 41.5. The lowest BCUT2D eigenvalue weighted by atomic mass is 9.85. The second-order valence-electron chi connectivity index (χ2n) is 18.4. The molecule has 0 bridgehead atoms. The highest BCUT2D eigenvalue weighted by Crippen LogP contribution is 2.47. The number of unbranched alkanes of at least 4 members (excludes halogenated alkanes) is 29. The van der Waals surface area contributed by atoms with Crippen LogP contribution in [0, 0.1) is 0 Å². The molecule has 1 aliphatic carbocycles. The van der Waals surface area contributed by atoms with Crippen LogP contribution in [0.2, 0.25) is 0 Å². The topological polar surface area (TPSA) is 192 Å². The van der Waals surface area contributed by atoms with Gasteiger partial charge >= 0.3 is 13.8 Å². The van der Waals surface area contributed by atoms with Gasteiger partial charge in [0.2, 0.25) is 0 Å². The van der Waals surface area contributed by atoms with Crippen molar-refractivity contribution in [2.24, 2.45) is 0 Å². The van der Waals surface area contributed by atoms with E-state index in [0.29, 0.717) is 13.0 Å². The highest BCUT2D eigenvalue weighted by Gasteiger charge is 2.51. The van der Waals surface area contributed by atoms with Gasteiger partial charge in [0.05, 0.1) is 13.2 Å². The molecule has 1 rings (SSSR count). The number of carbonyl (C=O) groups excluding carboxylic acids is 1. The van der Waals surface area contributed by atoms with Gasteiger partial charge in [0, 0.05) is 13.0 Å². The number of phosphoric acid groups is 1. The lowest BCUT2D eigenvalue weighted by molar-refractivity contribution is -0.220. The van der Waals surface area contributed by atoms with Gasteiger partial charge in [-0.3, -0.25) is 13.8 Å². The van der Waals surface area contributed by atoms with Gasteiger partial charge in [-0.25, -0.2) is 4.57 Å². The number of esters is 1. The fraction of sp³-hybridized carbons (Fsp3) is 0.902. The average molecular weight is 933 g/mol. The molecule has 13 heteroatoms. The van der Waals surface area contributed by atoms with Crippen LogP contribution < -0.4 is 0 Å². The average Bonchev–Trinajstić information content (AvgIpc) is 3.28. The standard InChI is InChI=1S/C51H97O12P/c1-3-5-7-9-11-13-15-17-18-19-20-21-22-23-24-25-26-27-29-31-33-35-37-39-41-60-42-44(43-61-64(58,59)63-51-49(56)47(54)46(53)48(55)50(51)57)62-45(52)40-38-36-34-32-30-28-16-14-12-10-8-6-4-2/h15,17,19-20,44,46-51,53-57H,3-14,16,18,21-43H2,1-2H3,(H,58,59)/b17-15-,20-19-. The summed E-state index contributed by atoms with van der Waals surface area (Å²) in [5.74, 6) is -0.474. The number of hydrogen-bond acceptors (Lipinski definition) is 11. The highest BCUT2D eigenvalue weighted by molar-refractivity contribution is 7.47. The second-order valence-corrected chi connectivity index (χ2v) is 19.8. The van der Waals surface area contributed by atoms with Crippen LogP contribution in [0.1, 0.15) is 232 Å². The van der Waals surface area contributed by atoms with Crippen LogP contribution >= 0.6 is 7.82 Å². The molecule has 0 heterocycles. The molecule has 0 radical (unpaired) electrons. The summed E-state index contributed by atoms with van der Waals surface area (Å²) < 4.78 is 34.3. The molecule has 0 aliphatic heterocycles. The fourth-order valence-corrected chi connectivity index (χ4v) is 9.12. The van der Waals surface area contributed by atoms with E-state index in [2.05, 4.69) is 38.2 Å². The lowest BCUT2D eigenvalue weighted by Crippen LogP contribution is -2.64. The summed E-state index contributed by atoms with van der Waals surface area (Å²) in [6.45, 7) is 4.27. The largest absolute Gasteiger partial charge is 0.472 e. The third-order valence-electron chi connectivity index (χ3n) is 12.3. The molecule has 64 heavy (non-hydrogen) atoms. The number of aliphatic hydroxyl groups excluding tert-OH is 5. The van der Waals surface area contributed by atoms with Crippen molar-refractivity contribution in [3.05, 3.63) is 24.3 Å². The van der Waals surface area contributed by atoms with Crippen molar-refractivity contribution in [2.45, 2.75) is 275 Å². The Bertz CT molecular complexity index is 1150. The Labute approximate surface area is 390 Å². The third-order valence-corrected chi connectivity index (χ3v) is 13.3. The first-order valence-electron chi connectivity index (χ1n) is 26.2. The molecule has 1 aliphatic rings. The first kappa shape index (κ1) is 60.8. The van der Waals surface area contributed by atoms with Gasteiger partial charge in [0.25, 0.3) is 0 Å². The number of carbonyl (C=O) groups is 1. The molecular weight excluding hydrogens is 836 g/mol. The van der Waals surface area contributed by atoms with Gasteiger partial charge < -0.3 is 39.9 Å². The van der Waals surface area contributed by atoms with Crippen molar-refractivity contribution >= 4 is 13.8 Å². The summed E-state index contributed by atoms with van der Waals surface area (Å²) in [5, 5.41) is 50.3. The Kier molecular flexibility index (Phi) is 39.9. The molecule has 6 unspecified atom stereocenters. The number of allylic oxidation sites excluding steroid dienone is 4. The Morgan fingerprint density at radius 1 is 0.500 bits per heavy atom. The smallest absolute Gasteiger partial charge is 0.457 e. The van der Waals surface area contributed by atoms with Gasteiger partial charge in [0.1, 0.15) is 42.7 Å². The normalized spacial score (nSPS) is 21.8. The van der Waals surface area contributed by atoms with E-state index in [4.69, 9.17) is 18.5 Å². The van der Waals surface area contributed by atoms with Crippen LogP contribution in [0.25, 0.3) is 0 Å². The van der Waals surface area contributed by atoms with Gasteiger partial charge in [-0.05, 0) is 44.9 Å². The number of rotatable bonds is 45. The minimum Gasteiger partial charge on any atom is -0.457 e. The van der Waals surface area contributed by atoms with Crippen LogP contribution in [0.4, 0.5) is 0 Å². The predicted octanol–water partition coefficient (Wildman–Crippen LogP) is 11.7. The third kappa shape index (κ3) is 33.3.